The third-order valence-corrected chi connectivity index (χ3v) is 6.23. The Kier molecular flexibility index (Phi) is 6.41. The van der Waals surface area contributed by atoms with Crippen LogP contribution in [0.25, 0.3) is 6.08 Å². The lowest BCUT2D eigenvalue weighted by Gasteiger charge is -2.10. The van der Waals surface area contributed by atoms with Crippen molar-refractivity contribution in [1.29, 1.82) is 0 Å². The molecule has 1 aromatic carbocycles. The fraction of sp³-hybridized carbons (Fsp3) is 0.300. The first-order valence-electron chi connectivity index (χ1n) is 8.62. The Bertz CT molecular complexity index is 951. The third kappa shape index (κ3) is 4.07. The summed E-state index contributed by atoms with van der Waals surface area (Å²) in [7, 11) is 4.46. The van der Waals surface area contributed by atoms with E-state index in [-0.39, 0.29) is 5.91 Å². The van der Waals surface area contributed by atoms with Gasteiger partial charge in [0.25, 0.3) is 0 Å². The lowest BCUT2D eigenvalue weighted by Crippen LogP contribution is -2.12. The van der Waals surface area contributed by atoms with E-state index in [1.54, 1.807) is 26.4 Å². The van der Waals surface area contributed by atoms with E-state index in [1.165, 1.54) is 24.5 Å². The van der Waals surface area contributed by atoms with Crippen LogP contribution in [0.5, 0.6) is 11.5 Å². The van der Waals surface area contributed by atoms with Crippen LogP contribution < -0.4 is 14.8 Å². The molecule has 1 N–H and O–H groups in total. The summed E-state index contributed by atoms with van der Waals surface area (Å²) in [5.41, 5.74) is 2.25. The molecule has 0 bridgehead atoms. The van der Waals surface area contributed by atoms with Crippen molar-refractivity contribution in [3.05, 3.63) is 44.2 Å². The average Bonchev–Trinajstić information content (AvgIpc) is 3.26. The number of thiophene rings is 1. The van der Waals surface area contributed by atoms with E-state index in [0.717, 1.165) is 39.7 Å². The predicted octanol–water partition coefficient (Wildman–Crippen LogP) is 4.46. The second kappa shape index (κ2) is 8.79. The largest absolute Gasteiger partial charge is 0.493 e. The molecule has 1 aliphatic carbocycles. The molecule has 8 heteroatoms. The smallest absolute Gasteiger partial charge is 0.341 e. The van der Waals surface area contributed by atoms with Gasteiger partial charge in [0, 0.05) is 11.0 Å². The number of esters is 1. The number of hydrogen-bond donors (Lipinski definition) is 1. The Hall–Kier alpha value is -2.32. The lowest BCUT2D eigenvalue weighted by atomic mass is 10.1. The third-order valence-electron chi connectivity index (χ3n) is 4.43. The highest BCUT2D eigenvalue weighted by Gasteiger charge is 2.27. The number of halogens is 1. The maximum atomic E-state index is 12.4. The molecule has 0 radical (unpaired) electrons. The normalized spacial score (nSPS) is 12.7. The molecule has 1 amide bonds. The number of carbonyl (C=O) groups excluding carboxylic acids is 2. The number of ether oxygens (including phenoxy) is 3. The molecule has 1 aliphatic rings. The number of rotatable bonds is 6. The van der Waals surface area contributed by atoms with Gasteiger partial charge in [-0.3, -0.25) is 4.79 Å². The summed E-state index contributed by atoms with van der Waals surface area (Å²) in [4.78, 5) is 25.7. The van der Waals surface area contributed by atoms with Gasteiger partial charge in [0.15, 0.2) is 11.5 Å². The molecule has 1 heterocycles. The SMILES string of the molecule is COC(=O)c1c(NC(=O)C=Cc2cc(Br)c(OC)c(OC)c2)sc2c1CCC2. The van der Waals surface area contributed by atoms with E-state index in [2.05, 4.69) is 21.2 Å². The molecule has 0 aliphatic heterocycles. The zero-order valence-electron chi connectivity index (χ0n) is 15.8. The molecular formula is C20H20BrNO5S. The second-order valence-electron chi connectivity index (χ2n) is 6.11. The first-order chi connectivity index (χ1) is 13.5. The van der Waals surface area contributed by atoms with Gasteiger partial charge in [-0.2, -0.15) is 0 Å². The summed E-state index contributed by atoms with van der Waals surface area (Å²) in [5, 5.41) is 3.36. The van der Waals surface area contributed by atoms with Crippen LogP contribution in [0.4, 0.5) is 5.00 Å². The van der Waals surface area contributed by atoms with Crippen molar-refractivity contribution in [3.8, 4) is 11.5 Å². The van der Waals surface area contributed by atoms with Crippen LogP contribution in [0.2, 0.25) is 0 Å². The van der Waals surface area contributed by atoms with E-state index in [1.807, 2.05) is 6.07 Å². The maximum absolute atomic E-state index is 12.4. The fourth-order valence-corrected chi connectivity index (χ4v) is 5.07. The number of nitrogens with one attached hydrogen (secondary N) is 1. The van der Waals surface area contributed by atoms with Gasteiger partial charge >= 0.3 is 5.97 Å². The molecule has 6 nitrogen and oxygen atoms in total. The first-order valence-corrected chi connectivity index (χ1v) is 10.2. The fourth-order valence-electron chi connectivity index (χ4n) is 3.17. The van der Waals surface area contributed by atoms with Gasteiger partial charge in [-0.1, -0.05) is 0 Å². The minimum absolute atomic E-state index is 0.323. The van der Waals surface area contributed by atoms with Crippen LogP contribution in [-0.4, -0.2) is 33.2 Å². The van der Waals surface area contributed by atoms with E-state index in [4.69, 9.17) is 14.2 Å². The summed E-state index contributed by atoms with van der Waals surface area (Å²) in [6.45, 7) is 0. The molecular weight excluding hydrogens is 446 g/mol. The Labute approximate surface area is 175 Å². The minimum Gasteiger partial charge on any atom is -0.493 e. The number of methoxy groups -OCH3 is 3. The van der Waals surface area contributed by atoms with Gasteiger partial charge in [0.05, 0.1) is 31.4 Å². The van der Waals surface area contributed by atoms with E-state index in [0.29, 0.717) is 22.1 Å². The Balaban J connectivity index is 1.80. The second-order valence-corrected chi connectivity index (χ2v) is 8.07. The van der Waals surface area contributed by atoms with Crippen molar-refractivity contribution < 1.29 is 23.8 Å². The minimum atomic E-state index is -0.414. The van der Waals surface area contributed by atoms with Crippen molar-refractivity contribution in [1.82, 2.24) is 0 Å². The molecule has 28 heavy (non-hydrogen) atoms. The molecule has 0 fully saturated rings. The molecule has 1 aromatic heterocycles. The monoisotopic (exact) mass is 465 g/mol. The molecule has 0 saturated heterocycles. The Morgan fingerprint density at radius 3 is 2.64 bits per heavy atom. The van der Waals surface area contributed by atoms with Crippen LogP contribution in [0, 0.1) is 0 Å². The molecule has 0 saturated carbocycles. The van der Waals surface area contributed by atoms with Crippen molar-refractivity contribution in [2.75, 3.05) is 26.6 Å². The Morgan fingerprint density at radius 1 is 1.18 bits per heavy atom. The zero-order chi connectivity index (χ0) is 20.3. The predicted molar refractivity (Wildman–Crippen MR) is 113 cm³/mol. The number of carbonyl (C=O) groups is 2. The topological polar surface area (TPSA) is 73.9 Å². The molecule has 0 spiro atoms. The zero-order valence-corrected chi connectivity index (χ0v) is 18.2. The summed E-state index contributed by atoms with van der Waals surface area (Å²) >= 11 is 4.87. The van der Waals surface area contributed by atoms with E-state index in [9.17, 15) is 9.59 Å². The molecule has 3 rings (SSSR count). The number of aryl methyl sites for hydroxylation is 1. The van der Waals surface area contributed by atoms with Gasteiger partial charge in [-0.05, 0) is 64.5 Å². The number of benzene rings is 1. The molecule has 2 aromatic rings. The Morgan fingerprint density at radius 2 is 1.96 bits per heavy atom. The summed E-state index contributed by atoms with van der Waals surface area (Å²) in [6, 6.07) is 3.59. The molecule has 0 atom stereocenters. The molecule has 0 unspecified atom stereocenters. The number of fused-ring (bicyclic) bond motifs is 1. The highest BCUT2D eigenvalue weighted by Crippen LogP contribution is 2.39. The van der Waals surface area contributed by atoms with Gasteiger partial charge in [0.1, 0.15) is 5.00 Å². The van der Waals surface area contributed by atoms with Crippen LogP contribution in [0.15, 0.2) is 22.7 Å². The van der Waals surface area contributed by atoms with Crippen molar-refractivity contribution in [3.63, 3.8) is 0 Å². The van der Waals surface area contributed by atoms with Crippen LogP contribution in [0.3, 0.4) is 0 Å². The first kappa shape index (κ1) is 20.4. The summed E-state index contributed by atoms with van der Waals surface area (Å²) < 4.78 is 16.2. The van der Waals surface area contributed by atoms with Crippen molar-refractivity contribution in [2.45, 2.75) is 19.3 Å². The number of amides is 1. The summed E-state index contributed by atoms with van der Waals surface area (Å²) in [6.07, 6.45) is 5.87. The maximum Gasteiger partial charge on any atom is 0.341 e. The van der Waals surface area contributed by atoms with Crippen LogP contribution >= 0.6 is 27.3 Å². The van der Waals surface area contributed by atoms with Gasteiger partial charge in [-0.15, -0.1) is 11.3 Å². The lowest BCUT2D eigenvalue weighted by molar-refractivity contribution is -0.111. The van der Waals surface area contributed by atoms with E-state index >= 15 is 0 Å². The van der Waals surface area contributed by atoms with Gasteiger partial charge in [0.2, 0.25) is 5.91 Å². The standard InChI is InChI=1S/C20H20BrNO5S/c1-25-14-10-11(9-13(21)18(14)26-2)7-8-16(23)22-19-17(20(24)27-3)12-5-4-6-15(12)28-19/h7-10H,4-6H2,1-3H3,(H,22,23). The number of anilines is 1. The summed E-state index contributed by atoms with van der Waals surface area (Å²) in [5.74, 6) is 0.401. The average molecular weight is 466 g/mol. The number of hydrogen-bond acceptors (Lipinski definition) is 6. The van der Waals surface area contributed by atoms with Gasteiger partial charge in [-0.25, -0.2) is 4.79 Å². The molecule has 148 valence electrons. The van der Waals surface area contributed by atoms with Gasteiger partial charge < -0.3 is 19.5 Å². The van der Waals surface area contributed by atoms with Crippen molar-refractivity contribution in [2.24, 2.45) is 0 Å². The van der Waals surface area contributed by atoms with Crippen LogP contribution in [0.1, 0.15) is 32.8 Å². The highest BCUT2D eigenvalue weighted by molar-refractivity contribution is 9.10. The highest BCUT2D eigenvalue weighted by atomic mass is 79.9. The van der Waals surface area contributed by atoms with Crippen LogP contribution in [-0.2, 0) is 22.4 Å². The van der Waals surface area contributed by atoms with Crippen molar-refractivity contribution >= 4 is 50.2 Å². The van der Waals surface area contributed by atoms with E-state index < -0.39 is 5.97 Å². The quantitative estimate of drug-likeness (QED) is 0.503.